The summed E-state index contributed by atoms with van der Waals surface area (Å²) in [5.74, 6) is 0.705. The van der Waals surface area contributed by atoms with E-state index in [0.29, 0.717) is 12.0 Å². The highest BCUT2D eigenvalue weighted by molar-refractivity contribution is 4.91. The van der Waals surface area contributed by atoms with Crippen molar-refractivity contribution >= 4 is 0 Å². The molecule has 0 amide bonds. The zero-order chi connectivity index (χ0) is 13.5. The van der Waals surface area contributed by atoms with Crippen molar-refractivity contribution in [1.29, 1.82) is 0 Å². The predicted molar refractivity (Wildman–Crippen MR) is 74.3 cm³/mol. The average molecular weight is 253 g/mol. The van der Waals surface area contributed by atoms with Crippen LogP contribution in [0.25, 0.3) is 0 Å². The topological polar surface area (TPSA) is 46.0 Å². The van der Waals surface area contributed by atoms with Crippen molar-refractivity contribution in [3.63, 3.8) is 0 Å². The molecular formula is C13H27N5. The quantitative estimate of drug-likeness (QED) is 0.760. The van der Waals surface area contributed by atoms with E-state index in [1.165, 1.54) is 0 Å². The molecule has 0 bridgehead atoms. The fourth-order valence-electron chi connectivity index (χ4n) is 1.83. The van der Waals surface area contributed by atoms with Gasteiger partial charge in [0.15, 0.2) is 0 Å². The summed E-state index contributed by atoms with van der Waals surface area (Å²) >= 11 is 0. The fourth-order valence-corrected chi connectivity index (χ4v) is 1.83. The lowest BCUT2D eigenvalue weighted by molar-refractivity contribution is 0.278. The second-order valence-electron chi connectivity index (χ2n) is 5.66. The Morgan fingerprint density at radius 3 is 2.67 bits per heavy atom. The molecule has 0 fully saturated rings. The number of likely N-dealkylation sites (N-methyl/N-ethyl adjacent to an activating group) is 1. The van der Waals surface area contributed by atoms with Crippen LogP contribution < -0.4 is 5.32 Å². The van der Waals surface area contributed by atoms with Gasteiger partial charge in [0.2, 0.25) is 0 Å². The van der Waals surface area contributed by atoms with Gasteiger partial charge in [-0.2, -0.15) is 0 Å². The number of aromatic nitrogens is 3. The zero-order valence-electron chi connectivity index (χ0n) is 12.3. The molecule has 1 N–H and O–H groups in total. The molecule has 1 aromatic rings. The highest BCUT2D eigenvalue weighted by Gasteiger charge is 2.04. The maximum atomic E-state index is 4.16. The molecule has 18 heavy (non-hydrogen) atoms. The number of nitrogens with zero attached hydrogens (tertiary/aromatic N) is 4. The third-order valence-corrected chi connectivity index (χ3v) is 2.67. The van der Waals surface area contributed by atoms with Gasteiger partial charge < -0.3 is 10.2 Å². The zero-order valence-corrected chi connectivity index (χ0v) is 12.3. The van der Waals surface area contributed by atoms with E-state index >= 15 is 0 Å². The first-order valence-electron chi connectivity index (χ1n) is 6.78. The molecule has 0 aromatic carbocycles. The number of hydrogen-bond acceptors (Lipinski definition) is 4. The van der Waals surface area contributed by atoms with Crippen molar-refractivity contribution in [2.75, 3.05) is 20.1 Å². The van der Waals surface area contributed by atoms with E-state index in [4.69, 9.17) is 0 Å². The van der Waals surface area contributed by atoms with E-state index in [0.717, 1.165) is 31.9 Å². The monoisotopic (exact) mass is 253 g/mol. The lowest BCUT2D eigenvalue weighted by Gasteiger charge is -2.18. The van der Waals surface area contributed by atoms with Crippen LogP contribution in [0.2, 0.25) is 0 Å². The molecule has 1 heterocycles. The molecule has 5 heteroatoms. The minimum atomic E-state index is 0.479. The van der Waals surface area contributed by atoms with E-state index < -0.39 is 0 Å². The van der Waals surface area contributed by atoms with E-state index in [9.17, 15) is 0 Å². The Morgan fingerprint density at radius 1 is 1.33 bits per heavy atom. The van der Waals surface area contributed by atoms with Gasteiger partial charge in [-0.1, -0.05) is 32.9 Å². The van der Waals surface area contributed by atoms with Crippen molar-refractivity contribution < 1.29 is 0 Å². The summed E-state index contributed by atoms with van der Waals surface area (Å²) in [6.45, 7) is 12.6. The van der Waals surface area contributed by atoms with Gasteiger partial charge in [-0.3, -0.25) is 4.68 Å². The molecule has 0 atom stereocenters. The second kappa shape index (κ2) is 7.48. The van der Waals surface area contributed by atoms with Crippen LogP contribution in [0.3, 0.4) is 0 Å². The van der Waals surface area contributed by atoms with Crippen LogP contribution in [-0.2, 0) is 13.1 Å². The standard InChI is InChI=1S/C13H27N5/c1-11(2)9-17(5)6-7-18-10-13(15-16-18)8-14-12(3)4/h10-12,14H,6-9H2,1-5H3. The molecule has 5 nitrogen and oxygen atoms in total. The summed E-state index contributed by atoms with van der Waals surface area (Å²) in [5.41, 5.74) is 1.01. The molecule has 0 saturated carbocycles. The Morgan fingerprint density at radius 2 is 2.06 bits per heavy atom. The Balaban J connectivity index is 2.30. The Labute approximate surface area is 111 Å². The Bertz CT molecular complexity index is 332. The van der Waals surface area contributed by atoms with Crippen molar-refractivity contribution in [3.05, 3.63) is 11.9 Å². The van der Waals surface area contributed by atoms with Gasteiger partial charge >= 0.3 is 0 Å². The second-order valence-corrected chi connectivity index (χ2v) is 5.66. The lowest BCUT2D eigenvalue weighted by Crippen LogP contribution is -2.27. The van der Waals surface area contributed by atoms with Gasteiger partial charge in [-0.05, 0) is 13.0 Å². The molecule has 0 radical (unpaired) electrons. The molecule has 1 aromatic heterocycles. The molecular weight excluding hydrogens is 226 g/mol. The van der Waals surface area contributed by atoms with Crippen molar-refractivity contribution in [1.82, 2.24) is 25.2 Å². The smallest absolute Gasteiger partial charge is 0.0964 e. The van der Waals surface area contributed by atoms with Crippen LogP contribution in [0, 0.1) is 5.92 Å². The summed E-state index contributed by atoms with van der Waals surface area (Å²) in [4.78, 5) is 2.33. The predicted octanol–water partition coefficient (Wildman–Crippen LogP) is 1.36. The first-order chi connectivity index (χ1) is 8.47. The van der Waals surface area contributed by atoms with Gasteiger partial charge in [-0.15, -0.1) is 5.10 Å². The first-order valence-corrected chi connectivity index (χ1v) is 6.78. The normalized spacial score (nSPS) is 12.0. The van der Waals surface area contributed by atoms with Crippen LogP contribution in [0.15, 0.2) is 6.20 Å². The highest BCUT2D eigenvalue weighted by atomic mass is 15.4. The van der Waals surface area contributed by atoms with E-state index in [-0.39, 0.29) is 0 Å². The van der Waals surface area contributed by atoms with Crippen LogP contribution in [-0.4, -0.2) is 46.1 Å². The average Bonchev–Trinajstić information content (AvgIpc) is 2.70. The Hall–Kier alpha value is -0.940. The van der Waals surface area contributed by atoms with Crippen LogP contribution in [0.1, 0.15) is 33.4 Å². The van der Waals surface area contributed by atoms with Gasteiger partial charge in [-0.25, -0.2) is 0 Å². The van der Waals surface area contributed by atoms with E-state index in [1.807, 2.05) is 10.9 Å². The fraction of sp³-hybridized carbons (Fsp3) is 0.846. The summed E-state index contributed by atoms with van der Waals surface area (Å²) in [7, 11) is 2.15. The largest absolute Gasteiger partial charge is 0.309 e. The van der Waals surface area contributed by atoms with Crippen LogP contribution in [0.4, 0.5) is 0 Å². The highest BCUT2D eigenvalue weighted by Crippen LogP contribution is 1.98. The first kappa shape index (κ1) is 15.1. The van der Waals surface area contributed by atoms with Crippen molar-refractivity contribution in [3.8, 4) is 0 Å². The minimum Gasteiger partial charge on any atom is -0.309 e. The van der Waals surface area contributed by atoms with Gasteiger partial charge in [0.05, 0.1) is 12.2 Å². The molecule has 0 spiro atoms. The number of hydrogen-bond donors (Lipinski definition) is 1. The van der Waals surface area contributed by atoms with Crippen molar-refractivity contribution in [2.24, 2.45) is 5.92 Å². The summed E-state index contributed by atoms with van der Waals surface area (Å²) < 4.78 is 1.92. The molecule has 104 valence electrons. The molecule has 0 aliphatic carbocycles. The summed E-state index contributed by atoms with van der Waals surface area (Å²) in [5, 5.41) is 11.6. The van der Waals surface area contributed by atoms with Crippen molar-refractivity contribution in [2.45, 2.75) is 46.8 Å². The molecule has 0 unspecified atom stereocenters. The van der Waals surface area contributed by atoms with Crippen LogP contribution >= 0.6 is 0 Å². The lowest BCUT2D eigenvalue weighted by atomic mass is 10.2. The number of rotatable bonds is 8. The Kier molecular flexibility index (Phi) is 6.29. The van der Waals surface area contributed by atoms with Gasteiger partial charge in [0.25, 0.3) is 0 Å². The molecule has 0 aliphatic heterocycles. The van der Waals surface area contributed by atoms with E-state index in [1.54, 1.807) is 0 Å². The van der Waals surface area contributed by atoms with Gasteiger partial charge in [0.1, 0.15) is 0 Å². The molecule has 0 saturated heterocycles. The SMILES string of the molecule is CC(C)CN(C)CCn1cc(CNC(C)C)nn1. The van der Waals surface area contributed by atoms with Gasteiger partial charge in [0, 0.05) is 31.9 Å². The molecule has 0 aliphatic rings. The number of nitrogens with one attached hydrogen (secondary N) is 1. The maximum Gasteiger partial charge on any atom is 0.0964 e. The van der Waals surface area contributed by atoms with E-state index in [2.05, 4.69) is 55.3 Å². The van der Waals surface area contributed by atoms with Crippen LogP contribution in [0.5, 0.6) is 0 Å². The minimum absolute atomic E-state index is 0.479. The summed E-state index contributed by atoms with van der Waals surface area (Å²) in [6.07, 6.45) is 2.03. The maximum absolute atomic E-state index is 4.16. The third kappa shape index (κ3) is 6.12. The molecule has 1 rings (SSSR count). The summed E-state index contributed by atoms with van der Waals surface area (Å²) in [6, 6.07) is 0.479. The third-order valence-electron chi connectivity index (χ3n) is 2.67.